The molecule has 0 aliphatic heterocycles. The third-order valence-corrected chi connectivity index (χ3v) is 2.93. The van der Waals surface area contributed by atoms with E-state index in [2.05, 4.69) is 30.1 Å². The van der Waals surface area contributed by atoms with Crippen molar-refractivity contribution < 1.29 is 4.79 Å². The summed E-state index contributed by atoms with van der Waals surface area (Å²) in [5.74, 6) is 0.406. The molecule has 1 N–H and O–H groups in total. The molecule has 0 heterocycles. The van der Waals surface area contributed by atoms with Crippen molar-refractivity contribution in [1.82, 2.24) is 9.80 Å². The van der Waals surface area contributed by atoms with Gasteiger partial charge in [0, 0.05) is 25.3 Å². The number of likely N-dealkylation sites (N-methyl/N-ethyl adjacent to an activating group) is 1. The predicted octanol–water partition coefficient (Wildman–Crippen LogP) is 2.61. The highest BCUT2D eigenvalue weighted by molar-refractivity contribution is 5.89. The quantitative estimate of drug-likeness (QED) is 0.875. The number of rotatable bonds is 6. The summed E-state index contributed by atoms with van der Waals surface area (Å²) in [6.07, 6.45) is 0. The van der Waals surface area contributed by atoms with E-state index in [1.165, 1.54) is 0 Å². The maximum Gasteiger partial charge on any atom is 0.321 e. The van der Waals surface area contributed by atoms with Crippen LogP contribution in [0.25, 0.3) is 0 Å². The lowest BCUT2D eigenvalue weighted by Gasteiger charge is -2.26. The smallest absolute Gasteiger partial charge is 0.321 e. The number of anilines is 1. The van der Waals surface area contributed by atoms with Crippen molar-refractivity contribution in [3.63, 3.8) is 0 Å². The summed E-state index contributed by atoms with van der Waals surface area (Å²) in [4.78, 5) is 16.2. The largest absolute Gasteiger partial charge is 0.323 e. The summed E-state index contributed by atoms with van der Waals surface area (Å²) < 4.78 is 0. The Morgan fingerprint density at radius 2 is 2.05 bits per heavy atom. The van der Waals surface area contributed by atoms with E-state index in [9.17, 15) is 4.79 Å². The Morgan fingerprint density at radius 1 is 1.33 bits per heavy atom. The summed E-state index contributed by atoms with van der Waals surface area (Å²) in [6, 6.07) is 8.89. The second-order valence-corrected chi connectivity index (χ2v) is 5.77. The zero-order valence-electron chi connectivity index (χ0n) is 13.3. The molecule has 0 aliphatic rings. The van der Waals surface area contributed by atoms with Crippen molar-refractivity contribution in [2.24, 2.45) is 5.92 Å². The van der Waals surface area contributed by atoms with Gasteiger partial charge in [0.2, 0.25) is 0 Å². The maximum absolute atomic E-state index is 12.4. The molecule has 1 aromatic carbocycles. The molecule has 2 amide bonds. The Morgan fingerprint density at radius 3 is 2.62 bits per heavy atom. The van der Waals surface area contributed by atoms with E-state index >= 15 is 0 Å². The third kappa shape index (κ3) is 6.28. The minimum atomic E-state index is -0.124. The minimum absolute atomic E-state index is 0.124. The van der Waals surface area contributed by atoms with Gasteiger partial charge < -0.3 is 15.1 Å². The Labute approximate surface area is 127 Å². The standard InChI is InChI=1S/C16H24N4O/c1-13(2)12-20(9-8-19(3)4)16(21)18-15-7-5-6-14(10-15)11-17/h5-7,10,13H,8-9,12H2,1-4H3,(H,18,21). The van der Waals surface area contributed by atoms with Gasteiger partial charge in [-0.3, -0.25) is 0 Å². The molecule has 1 aromatic rings. The molecule has 5 heteroatoms. The fraction of sp³-hybridized carbons (Fsp3) is 0.500. The van der Waals surface area contributed by atoms with Gasteiger partial charge in [0.15, 0.2) is 0 Å². The van der Waals surface area contributed by atoms with Crippen molar-refractivity contribution in [1.29, 1.82) is 5.26 Å². The lowest BCUT2D eigenvalue weighted by molar-refractivity contribution is 0.197. The van der Waals surface area contributed by atoms with Gasteiger partial charge in [-0.05, 0) is 38.2 Å². The highest BCUT2D eigenvalue weighted by Crippen LogP contribution is 2.11. The maximum atomic E-state index is 12.4. The van der Waals surface area contributed by atoms with E-state index < -0.39 is 0 Å². The van der Waals surface area contributed by atoms with Crippen LogP contribution in [-0.2, 0) is 0 Å². The van der Waals surface area contributed by atoms with E-state index in [0.29, 0.717) is 30.3 Å². The molecule has 0 spiro atoms. The van der Waals surface area contributed by atoms with Crippen LogP contribution in [0, 0.1) is 17.2 Å². The second-order valence-electron chi connectivity index (χ2n) is 5.77. The van der Waals surface area contributed by atoms with Crippen molar-refractivity contribution in [2.75, 3.05) is 39.0 Å². The minimum Gasteiger partial charge on any atom is -0.323 e. The first-order valence-corrected chi connectivity index (χ1v) is 7.13. The van der Waals surface area contributed by atoms with E-state index in [4.69, 9.17) is 5.26 Å². The van der Waals surface area contributed by atoms with Crippen LogP contribution < -0.4 is 5.32 Å². The average molecular weight is 288 g/mol. The first kappa shape index (κ1) is 17.0. The topological polar surface area (TPSA) is 59.4 Å². The molecule has 114 valence electrons. The van der Waals surface area contributed by atoms with E-state index in [-0.39, 0.29) is 6.03 Å². The summed E-state index contributed by atoms with van der Waals surface area (Å²) in [5, 5.41) is 11.8. The van der Waals surface area contributed by atoms with Crippen LogP contribution >= 0.6 is 0 Å². The number of hydrogen-bond donors (Lipinski definition) is 1. The molecule has 1 rings (SSSR count). The second kappa shape index (κ2) is 8.28. The van der Waals surface area contributed by atoms with Crippen LogP contribution in [-0.4, -0.2) is 49.6 Å². The van der Waals surface area contributed by atoms with E-state index in [1.807, 2.05) is 19.0 Å². The Hall–Kier alpha value is -2.06. The summed E-state index contributed by atoms with van der Waals surface area (Å²) in [5.41, 5.74) is 1.19. The van der Waals surface area contributed by atoms with E-state index in [0.717, 1.165) is 6.54 Å². The Kier molecular flexibility index (Phi) is 6.70. The summed E-state index contributed by atoms with van der Waals surface area (Å²) in [7, 11) is 3.98. The molecule has 0 saturated carbocycles. The normalized spacial score (nSPS) is 10.5. The van der Waals surface area contributed by atoms with Crippen molar-refractivity contribution in [2.45, 2.75) is 13.8 Å². The number of nitrogens with zero attached hydrogens (tertiary/aromatic N) is 3. The van der Waals surface area contributed by atoms with Crippen LogP contribution in [0.2, 0.25) is 0 Å². The van der Waals surface area contributed by atoms with Gasteiger partial charge in [-0.25, -0.2) is 4.79 Å². The van der Waals surface area contributed by atoms with Gasteiger partial charge in [-0.15, -0.1) is 0 Å². The molecule has 0 aliphatic carbocycles. The molecule has 5 nitrogen and oxygen atoms in total. The number of carbonyl (C=O) groups excluding carboxylic acids is 1. The molecular formula is C16H24N4O. The molecule has 0 atom stereocenters. The van der Waals surface area contributed by atoms with Crippen LogP contribution in [0.1, 0.15) is 19.4 Å². The molecule has 0 aromatic heterocycles. The van der Waals surface area contributed by atoms with Crippen molar-refractivity contribution in [3.05, 3.63) is 29.8 Å². The van der Waals surface area contributed by atoms with E-state index in [1.54, 1.807) is 24.3 Å². The summed E-state index contributed by atoms with van der Waals surface area (Å²) >= 11 is 0. The molecule has 0 unspecified atom stereocenters. The number of amides is 2. The van der Waals surface area contributed by atoms with Crippen molar-refractivity contribution >= 4 is 11.7 Å². The summed E-state index contributed by atoms with van der Waals surface area (Å²) in [6.45, 7) is 6.38. The van der Waals surface area contributed by atoms with Gasteiger partial charge >= 0.3 is 6.03 Å². The number of hydrogen-bond acceptors (Lipinski definition) is 3. The Balaban J connectivity index is 2.72. The molecule has 0 fully saturated rings. The zero-order valence-corrected chi connectivity index (χ0v) is 13.3. The Bertz CT molecular complexity index is 505. The SMILES string of the molecule is CC(C)CN(CCN(C)C)C(=O)Nc1cccc(C#N)c1. The van der Waals surface area contributed by atoms with Crippen LogP contribution in [0.15, 0.2) is 24.3 Å². The van der Waals surface area contributed by atoms with Gasteiger partial charge in [0.25, 0.3) is 0 Å². The molecule has 0 bridgehead atoms. The number of nitriles is 1. The first-order valence-electron chi connectivity index (χ1n) is 7.13. The van der Waals surface area contributed by atoms with Gasteiger partial charge in [0.1, 0.15) is 0 Å². The van der Waals surface area contributed by atoms with Crippen LogP contribution in [0.3, 0.4) is 0 Å². The predicted molar refractivity (Wildman–Crippen MR) is 85.1 cm³/mol. The molecule has 0 saturated heterocycles. The van der Waals surface area contributed by atoms with Gasteiger partial charge in [-0.1, -0.05) is 19.9 Å². The molecular weight excluding hydrogens is 264 g/mol. The monoisotopic (exact) mass is 288 g/mol. The van der Waals surface area contributed by atoms with Gasteiger partial charge in [-0.2, -0.15) is 5.26 Å². The number of carbonyl (C=O) groups is 1. The third-order valence-electron chi connectivity index (χ3n) is 2.93. The molecule has 21 heavy (non-hydrogen) atoms. The first-order chi connectivity index (χ1) is 9.92. The van der Waals surface area contributed by atoms with Crippen LogP contribution in [0.4, 0.5) is 10.5 Å². The highest BCUT2D eigenvalue weighted by atomic mass is 16.2. The number of urea groups is 1. The highest BCUT2D eigenvalue weighted by Gasteiger charge is 2.15. The lowest BCUT2D eigenvalue weighted by Crippen LogP contribution is -2.41. The number of benzene rings is 1. The van der Waals surface area contributed by atoms with Crippen LogP contribution in [0.5, 0.6) is 0 Å². The van der Waals surface area contributed by atoms with Crippen molar-refractivity contribution in [3.8, 4) is 6.07 Å². The average Bonchev–Trinajstić information content (AvgIpc) is 2.43. The fourth-order valence-electron chi connectivity index (χ4n) is 1.91. The van der Waals surface area contributed by atoms with Gasteiger partial charge in [0.05, 0.1) is 11.6 Å². The lowest BCUT2D eigenvalue weighted by atomic mass is 10.2. The fourth-order valence-corrected chi connectivity index (χ4v) is 1.91. The molecule has 0 radical (unpaired) electrons. The zero-order chi connectivity index (χ0) is 15.8. The number of nitrogens with one attached hydrogen (secondary N) is 1.